The molecule has 31 heavy (non-hydrogen) atoms. The zero-order chi connectivity index (χ0) is 24.3. The average molecular weight is 447 g/mol. The SMILES string of the molecule is CCC(C)C(NC(=O)C(CO)NC(=O)C(CC(C)C)NC(=O)C(N)CC(=O)O)C(=O)O. The Morgan fingerprint density at radius 3 is 1.81 bits per heavy atom. The Bertz CT molecular complexity index is 655. The fourth-order valence-corrected chi connectivity index (χ4v) is 2.67. The summed E-state index contributed by atoms with van der Waals surface area (Å²) in [6, 6.07) is -5.16. The quantitative estimate of drug-likeness (QED) is 0.164. The molecule has 0 spiro atoms. The fraction of sp³-hybridized carbons (Fsp3) is 0.737. The van der Waals surface area contributed by atoms with Crippen molar-refractivity contribution in [1.82, 2.24) is 16.0 Å². The van der Waals surface area contributed by atoms with Gasteiger partial charge in [-0.2, -0.15) is 0 Å². The van der Waals surface area contributed by atoms with E-state index in [1.54, 1.807) is 27.7 Å². The molecule has 12 heteroatoms. The molecule has 178 valence electrons. The number of rotatable bonds is 14. The lowest BCUT2D eigenvalue weighted by molar-refractivity contribution is -0.144. The lowest BCUT2D eigenvalue weighted by atomic mass is 9.99. The van der Waals surface area contributed by atoms with Crippen LogP contribution in [0.3, 0.4) is 0 Å². The maximum Gasteiger partial charge on any atom is 0.326 e. The van der Waals surface area contributed by atoms with Crippen LogP contribution in [0.5, 0.6) is 0 Å². The Morgan fingerprint density at radius 1 is 0.871 bits per heavy atom. The van der Waals surface area contributed by atoms with Crippen LogP contribution in [0, 0.1) is 11.8 Å². The van der Waals surface area contributed by atoms with E-state index < -0.39 is 66.9 Å². The molecule has 0 aliphatic carbocycles. The van der Waals surface area contributed by atoms with Crippen molar-refractivity contribution in [2.75, 3.05) is 6.61 Å². The first-order chi connectivity index (χ1) is 14.3. The van der Waals surface area contributed by atoms with Gasteiger partial charge in [-0.1, -0.05) is 34.1 Å². The van der Waals surface area contributed by atoms with E-state index in [-0.39, 0.29) is 18.3 Å². The largest absolute Gasteiger partial charge is 0.481 e. The summed E-state index contributed by atoms with van der Waals surface area (Å²) in [4.78, 5) is 59.3. The minimum atomic E-state index is -1.45. The predicted octanol–water partition coefficient (Wildman–Crippen LogP) is -1.59. The van der Waals surface area contributed by atoms with E-state index >= 15 is 0 Å². The molecule has 0 aromatic carbocycles. The normalized spacial score (nSPS) is 15.8. The minimum Gasteiger partial charge on any atom is -0.481 e. The van der Waals surface area contributed by atoms with Gasteiger partial charge in [-0.15, -0.1) is 0 Å². The number of nitrogens with two attached hydrogens (primary N) is 1. The first kappa shape index (κ1) is 28.3. The van der Waals surface area contributed by atoms with E-state index in [9.17, 15) is 34.2 Å². The number of nitrogens with one attached hydrogen (secondary N) is 3. The summed E-state index contributed by atoms with van der Waals surface area (Å²) in [6.07, 6.45) is 0.00392. The first-order valence-corrected chi connectivity index (χ1v) is 10.1. The van der Waals surface area contributed by atoms with Gasteiger partial charge in [0.15, 0.2) is 0 Å². The van der Waals surface area contributed by atoms with Gasteiger partial charge < -0.3 is 37.0 Å². The summed E-state index contributed by atoms with van der Waals surface area (Å²) in [6.45, 7) is 6.16. The van der Waals surface area contributed by atoms with Crippen molar-refractivity contribution in [3.8, 4) is 0 Å². The number of aliphatic hydroxyl groups is 1. The van der Waals surface area contributed by atoms with Gasteiger partial charge >= 0.3 is 11.9 Å². The van der Waals surface area contributed by atoms with E-state index in [2.05, 4.69) is 16.0 Å². The van der Waals surface area contributed by atoms with Gasteiger partial charge in [0.25, 0.3) is 0 Å². The third-order valence-electron chi connectivity index (χ3n) is 4.66. The molecule has 5 unspecified atom stereocenters. The Balaban J connectivity index is 5.30. The maximum atomic E-state index is 12.7. The van der Waals surface area contributed by atoms with Crippen LogP contribution < -0.4 is 21.7 Å². The summed E-state index contributed by atoms with van der Waals surface area (Å²) >= 11 is 0. The summed E-state index contributed by atoms with van der Waals surface area (Å²) in [7, 11) is 0. The Kier molecular flexibility index (Phi) is 12.4. The second-order valence-electron chi connectivity index (χ2n) is 7.85. The van der Waals surface area contributed by atoms with Gasteiger partial charge in [-0.25, -0.2) is 4.79 Å². The molecule has 0 bridgehead atoms. The van der Waals surface area contributed by atoms with E-state index in [4.69, 9.17) is 10.8 Å². The van der Waals surface area contributed by atoms with Crippen LogP contribution in [-0.2, 0) is 24.0 Å². The van der Waals surface area contributed by atoms with Crippen molar-refractivity contribution in [3.63, 3.8) is 0 Å². The summed E-state index contributed by atoms with van der Waals surface area (Å²) in [5.41, 5.74) is 5.51. The summed E-state index contributed by atoms with van der Waals surface area (Å²) < 4.78 is 0. The van der Waals surface area contributed by atoms with Crippen molar-refractivity contribution >= 4 is 29.7 Å². The third kappa shape index (κ3) is 10.2. The minimum absolute atomic E-state index is 0.0602. The predicted molar refractivity (Wildman–Crippen MR) is 110 cm³/mol. The summed E-state index contributed by atoms with van der Waals surface area (Å²) in [5.74, 6) is -5.51. The number of carboxylic acids is 2. The number of carbonyl (C=O) groups is 5. The number of aliphatic hydroxyl groups excluding tert-OH is 1. The smallest absolute Gasteiger partial charge is 0.326 e. The molecule has 0 rings (SSSR count). The molecule has 0 aromatic heterocycles. The van der Waals surface area contributed by atoms with Crippen LogP contribution in [0.2, 0.25) is 0 Å². The monoisotopic (exact) mass is 446 g/mol. The van der Waals surface area contributed by atoms with E-state index in [1.165, 1.54) is 0 Å². The molecule has 0 aliphatic rings. The number of hydrogen-bond acceptors (Lipinski definition) is 7. The highest BCUT2D eigenvalue weighted by atomic mass is 16.4. The molecule has 0 fully saturated rings. The van der Waals surface area contributed by atoms with Crippen LogP contribution in [0.4, 0.5) is 0 Å². The lowest BCUT2D eigenvalue weighted by Crippen LogP contribution is -2.59. The molecule has 0 saturated carbocycles. The van der Waals surface area contributed by atoms with Crippen LogP contribution in [-0.4, -0.2) is 75.8 Å². The highest BCUT2D eigenvalue weighted by Gasteiger charge is 2.32. The van der Waals surface area contributed by atoms with Crippen LogP contribution in [0.15, 0.2) is 0 Å². The van der Waals surface area contributed by atoms with Gasteiger partial charge in [0.1, 0.15) is 18.1 Å². The highest BCUT2D eigenvalue weighted by Crippen LogP contribution is 2.09. The molecule has 0 heterocycles. The average Bonchev–Trinajstić information content (AvgIpc) is 2.67. The number of aliphatic carboxylic acids is 2. The van der Waals surface area contributed by atoms with Crippen molar-refractivity contribution in [1.29, 1.82) is 0 Å². The Morgan fingerprint density at radius 2 is 1.39 bits per heavy atom. The molecule has 0 aromatic rings. The first-order valence-electron chi connectivity index (χ1n) is 10.1. The van der Waals surface area contributed by atoms with Crippen molar-refractivity contribution in [3.05, 3.63) is 0 Å². The third-order valence-corrected chi connectivity index (χ3v) is 4.66. The number of carboxylic acid groups (broad SMARTS) is 2. The topological polar surface area (TPSA) is 208 Å². The second kappa shape index (κ2) is 13.5. The van der Waals surface area contributed by atoms with Gasteiger partial charge in [-0.3, -0.25) is 19.2 Å². The molecule has 8 N–H and O–H groups in total. The standard InChI is InChI=1S/C19H34N4O8/c1-5-10(4)15(19(30)31)23-18(29)13(8-24)22-17(28)12(6-9(2)3)21-16(27)11(20)7-14(25)26/h9-13,15,24H,5-8,20H2,1-4H3,(H,21,27)(H,22,28)(H,23,29)(H,25,26)(H,30,31). The zero-order valence-corrected chi connectivity index (χ0v) is 18.3. The van der Waals surface area contributed by atoms with Gasteiger partial charge in [0.05, 0.1) is 19.1 Å². The van der Waals surface area contributed by atoms with Crippen molar-refractivity contribution in [2.45, 2.75) is 71.1 Å². The molecule has 3 amide bonds. The van der Waals surface area contributed by atoms with E-state index in [1.807, 2.05) is 0 Å². The van der Waals surface area contributed by atoms with Crippen LogP contribution in [0.1, 0.15) is 47.0 Å². The van der Waals surface area contributed by atoms with Crippen molar-refractivity contribution in [2.24, 2.45) is 17.6 Å². The van der Waals surface area contributed by atoms with Gasteiger partial charge in [-0.05, 0) is 18.3 Å². The molecular formula is C19H34N4O8. The lowest BCUT2D eigenvalue weighted by Gasteiger charge is -2.26. The number of carbonyl (C=O) groups excluding carboxylic acids is 3. The van der Waals surface area contributed by atoms with Crippen LogP contribution in [0.25, 0.3) is 0 Å². The molecule has 0 aliphatic heterocycles. The number of amides is 3. The highest BCUT2D eigenvalue weighted by molar-refractivity contribution is 5.94. The molecule has 0 saturated heterocycles. The van der Waals surface area contributed by atoms with Crippen molar-refractivity contribution < 1.29 is 39.3 Å². The summed E-state index contributed by atoms with van der Waals surface area (Å²) in [5, 5.41) is 34.5. The fourth-order valence-electron chi connectivity index (χ4n) is 2.67. The number of hydrogen-bond donors (Lipinski definition) is 7. The van der Waals surface area contributed by atoms with E-state index in [0.29, 0.717) is 6.42 Å². The van der Waals surface area contributed by atoms with Crippen LogP contribution >= 0.6 is 0 Å². The maximum absolute atomic E-state index is 12.7. The molecule has 12 nitrogen and oxygen atoms in total. The molecular weight excluding hydrogens is 412 g/mol. The van der Waals surface area contributed by atoms with E-state index in [0.717, 1.165) is 0 Å². The Hall–Kier alpha value is -2.73. The van der Waals surface area contributed by atoms with Gasteiger partial charge in [0.2, 0.25) is 17.7 Å². The van der Waals surface area contributed by atoms with Gasteiger partial charge in [0, 0.05) is 0 Å². The molecule has 5 atom stereocenters. The molecule has 0 radical (unpaired) electrons. The Labute approximate surface area is 180 Å². The second-order valence-corrected chi connectivity index (χ2v) is 7.85. The zero-order valence-electron chi connectivity index (χ0n) is 18.3.